The van der Waals surface area contributed by atoms with Crippen molar-refractivity contribution in [1.82, 2.24) is 0 Å². The molecule has 1 amide bonds. The molecule has 0 spiro atoms. The summed E-state index contributed by atoms with van der Waals surface area (Å²) in [6, 6.07) is 4.78. The topological polar surface area (TPSA) is 52.3 Å². The van der Waals surface area contributed by atoms with Crippen molar-refractivity contribution in [2.45, 2.75) is 26.4 Å². The number of halogens is 1. The molecule has 1 aromatic carbocycles. The molecule has 2 N–H and O–H groups in total. The van der Waals surface area contributed by atoms with Crippen molar-refractivity contribution in [3.63, 3.8) is 0 Å². The van der Waals surface area contributed by atoms with Crippen LogP contribution in [0.2, 0.25) is 0 Å². The fourth-order valence-corrected chi connectivity index (χ4v) is 1.21. The molecule has 1 unspecified atom stereocenters. The Bertz CT molecular complexity index is 366. The summed E-state index contributed by atoms with van der Waals surface area (Å²) in [5, 5.41) is 0. The van der Waals surface area contributed by atoms with Crippen LogP contribution in [0.3, 0.4) is 0 Å². The number of hydrogen-bond acceptors (Lipinski definition) is 2. The van der Waals surface area contributed by atoms with E-state index in [1.54, 1.807) is 26.0 Å². The number of rotatable bonds is 4. The highest BCUT2D eigenvalue weighted by Gasteiger charge is 2.17. The second kappa shape index (κ2) is 4.77. The highest BCUT2D eigenvalue weighted by molar-refractivity contribution is 5.79. The lowest BCUT2D eigenvalue weighted by Gasteiger charge is -2.15. The number of ether oxygens (including phenoxy) is 1. The van der Waals surface area contributed by atoms with Gasteiger partial charge in [-0.05, 0) is 25.0 Å². The molecule has 0 fully saturated rings. The molecule has 0 bridgehead atoms. The summed E-state index contributed by atoms with van der Waals surface area (Å²) in [6.07, 6.45) is -0.357. The van der Waals surface area contributed by atoms with E-state index in [4.69, 9.17) is 10.5 Å². The van der Waals surface area contributed by atoms with Crippen molar-refractivity contribution < 1.29 is 13.9 Å². The first-order valence-corrected chi connectivity index (χ1v) is 4.77. The molecule has 15 heavy (non-hydrogen) atoms. The van der Waals surface area contributed by atoms with Gasteiger partial charge in [0.05, 0.1) is 0 Å². The first kappa shape index (κ1) is 11.5. The number of primary amides is 1. The van der Waals surface area contributed by atoms with Crippen molar-refractivity contribution in [3.8, 4) is 5.75 Å². The number of carbonyl (C=O) groups is 1. The molecular weight excluding hydrogens is 197 g/mol. The van der Waals surface area contributed by atoms with E-state index in [1.165, 1.54) is 6.07 Å². The first-order valence-electron chi connectivity index (χ1n) is 4.77. The van der Waals surface area contributed by atoms with Crippen LogP contribution in [0, 0.1) is 12.7 Å². The maximum absolute atomic E-state index is 13.5. The zero-order valence-corrected chi connectivity index (χ0v) is 8.79. The van der Waals surface area contributed by atoms with E-state index in [1.807, 2.05) is 0 Å². The lowest BCUT2D eigenvalue weighted by atomic mass is 10.2. The molecule has 0 aliphatic carbocycles. The van der Waals surface area contributed by atoms with E-state index in [2.05, 4.69) is 0 Å². The Morgan fingerprint density at radius 2 is 2.27 bits per heavy atom. The van der Waals surface area contributed by atoms with E-state index in [9.17, 15) is 9.18 Å². The van der Waals surface area contributed by atoms with Crippen LogP contribution in [-0.4, -0.2) is 12.0 Å². The van der Waals surface area contributed by atoms with Crippen molar-refractivity contribution in [1.29, 1.82) is 0 Å². The molecule has 82 valence electrons. The van der Waals surface area contributed by atoms with Crippen molar-refractivity contribution in [2.75, 3.05) is 0 Å². The number of carbonyl (C=O) groups excluding carboxylic acids is 1. The molecule has 0 aliphatic heterocycles. The molecule has 0 radical (unpaired) electrons. The average molecular weight is 211 g/mol. The van der Waals surface area contributed by atoms with E-state index in [-0.39, 0.29) is 5.75 Å². The zero-order valence-electron chi connectivity index (χ0n) is 8.79. The second-order valence-electron chi connectivity index (χ2n) is 3.30. The van der Waals surface area contributed by atoms with E-state index < -0.39 is 17.8 Å². The summed E-state index contributed by atoms with van der Waals surface area (Å²) in [5.74, 6) is -0.962. The smallest absolute Gasteiger partial charge is 0.258 e. The standard InChI is InChI=1S/C11H14FNO2/c1-3-8(11(13)14)15-9-6-4-5-7(2)10(9)12/h4-6,8H,3H2,1-2H3,(H2,13,14). The number of benzene rings is 1. The molecular formula is C11H14FNO2. The fraction of sp³-hybridized carbons (Fsp3) is 0.364. The largest absolute Gasteiger partial charge is 0.478 e. The van der Waals surface area contributed by atoms with Crippen LogP contribution in [0.25, 0.3) is 0 Å². The fourth-order valence-electron chi connectivity index (χ4n) is 1.21. The molecule has 4 heteroatoms. The number of aryl methyl sites for hydroxylation is 1. The molecule has 3 nitrogen and oxygen atoms in total. The van der Waals surface area contributed by atoms with Gasteiger partial charge >= 0.3 is 0 Å². The molecule has 0 aliphatic rings. The van der Waals surface area contributed by atoms with Gasteiger partial charge in [0.15, 0.2) is 17.7 Å². The van der Waals surface area contributed by atoms with Crippen molar-refractivity contribution in [3.05, 3.63) is 29.6 Å². The third-order valence-electron chi connectivity index (χ3n) is 2.11. The predicted molar refractivity (Wildman–Crippen MR) is 55.0 cm³/mol. The summed E-state index contributed by atoms with van der Waals surface area (Å²) in [5.41, 5.74) is 5.58. The minimum absolute atomic E-state index is 0.0700. The van der Waals surface area contributed by atoms with Crippen LogP contribution < -0.4 is 10.5 Å². The Balaban J connectivity index is 2.88. The van der Waals surface area contributed by atoms with Gasteiger partial charge in [0.25, 0.3) is 5.91 Å². The van der Waals surface area contributed by atoms with E-state index in [0.717, 1.165) is 0 Å². The molecule has 1 aromatic rings. The van der Waals surface area contributed by atoms with Gasteiger partial charge in [-0.1, -0.05) is 19.1 Å². The first-order chi connectivity index (χ1) is 7.06. The minimum Gasteiger partial charge on any atom is -0.478 e. The van der Waals surface area contributed by atoms with Gasteiger partial charge in [0.1, 0.15) is 0 Å². The molecule has 1 atom stereocenters. The average Bonchev–Trinajstić information content (AvgIpc) is 2.19. The number of amides is 1. The Labute approximate surface area is 88.0 Å². The molecule has 1 rings (SSSR count). The molecule has 0 saturated heterocycles. The van der Waals surface area contributed by atoms with Gasteiger partial charge in [-0.15, -0.1) is 0 Å². The van der Waals surface area contributed by atoms with Crippen LogP contribution in [0.1, 0.15) is 18.9 Å². The highest BCUT2D eigenvalue weighted by atomic mass is 19.1. The maximum Gasteiger partial charge on any atom is 0.258 e. The van der Waals surface area contributed by atoms with Crippen LogP contribution in [0.4, 0.5) is 4.39 Å². The zero-order chi connectivity index (χ0) is 11.4. The molecule has 0 saturated carbocycles. The summed E-state index contributed by atoms with van der Waals surface area (Å²) in [6.45, 7) is 3.39. The Hall–Kier alpha value is -1.58. The highest BCUT2D eigenvalue weighted by Crippen LogP contribution is 2.21. The molecule has 0 heterocycles. The van der Waals surface area contributed by atoms with E-state index in [0.29, 0.717) is 12.0 Å². The van der Waals surface area contributed by atoms with Crippen LogP contribution >= 0.6 is 0 Å². The number of nitrogens with two attached hydrogens (primary N) is 1. The van der Waals surface area contributed by atoms with Crippen LogP contribution in [0.5, 0.6) is 5.75 Å². The SMILES string of the molecule is CCC(Oc1cccc(C)c1F)C(N)=O. The van der Waals surface area contributed by atoms with Crippen molar-refractivity contribution in [2.24, 2.45) is 5.73 Å². The Morgan fingerprint density at radius 3 is 2.80 bits per heavy atom. The van der Waals surface area contributed by atoms with Gasteiger partial charge in [-0.2, -0.15) is 0 Å². The molecule has 0 aromatic heterocycles. The maximum atomic E-state index is 13.5. The quantitative estimate of drug-likeness (QED) is 0.825. The summed E-state index contributed by atoms with van der Waals surface area (Å²) in [7, 11) is 0. The number of hydrogen-bond donors (Lipinski definition) is 1. The van der Waals surface area contributed by atoms with Crippen LogP contribution in [-0.2, 0) is 4.79 Å². The van der Waals surface area contributed by atoms with Gasteiger partial charge in [0.2, 0.25) is 0 Å². The van der Waals surface area contributed by atoms with Gasteiger partial charge in [-0.25, -0.2) is 4.39 Å². The van der Waals surface area contributed by atoms with Gasteiger partial charge in [-0.3, -0.25) is 4.79 Å². The monoisotopic (exact) mass is 211 g/mol. The third kappa shape index (κ3) is 2.68. The summed E-state index contributed by atoms with van der Waals surface area (Å²) >= 11 is 0. The van der Waals surface area contributed by atoms with Crippen molar-refractivity contribution >= 4 is 5.91 Å². The van der Waals surface area contributed by atoms with Crippen LogP contribution in [0.15, 0.2) is 18.2 Å². The summed E-state index contributed by atoms with van der Waals surface area (Å²) < 4.78 is 18.7. The van der Waals surface area contributed by atoms with Gasteiger partial charge in [0, 0.05) is 0 Å². The normalized spacial score (nSPS) is 12.2. The lowest BCUT2D eigenvalue weighted by molar-refractivity contribution is -0.124. The van der Waals surface area contributed by atoms with E-state index >= 15 is 0 Å². The minimum atomic E-state index is -0.777. The second-order valence-corrected chi connectivity index (χ2v) is 3.30. The summed E-state index contributed by atoms with van der Waals surface area (Å²) in [4.78, 5) is 10.9. The van der Waals surface area contributed by atoms with Gasteiger partial charge < -0.3 is 10.5 Å². The third-order valence-corrected chi connectivity index (χ3v) is 2.11. The Morgan fingerprint density at radius 1 is 1.60 bits per heavy atom. The predicted octanol–water partition coefficient (Wildman–Crippen LogP) is 1.78. The lowest BCUT2D eigenvalue weighted by Crippen LogP contribution is -2.33. The Kier molecular flexibility index (Phi) is 3.66.